The molecule has 0 saturated heterocycles. The molecule has 0 aromatic heterocycles. The van der Waals surface area contributed by atoms with E-state index in [1.54, 1.807) is 0 Å². The Morgan fingerprint density at radius 3 is 2.53 bits per heavy atom. The number of halogens is 3. The van der Waals surface area contributed by atoms with E-state index in [4.69, 9.17) is 11.6 Å². The molecule has 0 heterocycles. The van der Waals surface area contributed by atoms with Crippen molar-refractivity contribution in [3.8, 4) is 0 Å². The lowest BCUT2D eigenvalue weighted by molar-refractivity contribution is 0.0172. The minimum absolute atomic E-state index is 0.204. The van der Waals surface area contributed by atoms with E-state index in [2.05, 4.69) is 15.9 Å². The van der Waals surface area contributed by atoms with Crippen LogP contribution >= 0.6 is 27.5 Å². The average Bonchev–Trinajstić information content (AvgIpc) is 2.15. The lowest BCUT2D eigenvalue weighted by Gasteiger charge is -2.17. The second-order valence-corrected chi connectivity index (χ2v) is 4.42. The van der Waals surface area contributed by atoms with Crippen molar-refractivity contribution in [1.82, 2.24) is 0 Å². The van der Waals surface area contributed by atoms with Gasteiger partial charge in [-0.3, -0.25) is 0 Å². The molecule has 2 unspecified atom stereocenters. The van der Waals surface area contributed by atoms with Gasteiger partial charge in [-0.1, -0.05) is 27.5 Å². The molecule has 0 aliphatic carbocycles. The molecule has 2 N–H and O–H groups in total. The molecule has 0 radical (unpaired) electrons. The van der Waals surface area contributed by atoms with Crippen LogP contribution in [-0.4, -0.2) is 21.6 Å². The number of hydrogen-bond donors (Lipinski definition) is 2. The Kier molecular flexibility index (Phi) is 4.99. The Labute approximate surface area is 101 Å². The molecule has 0 amide bonds. The molecule has 1 rings (SSSR count). The highest BCUT2D eigenvalue weighted by Crippen LogP contribution is 2.23. The quantitative estimate of drug-likeness (QED) is 0.839. The Hall–Kier alpha value is -0.160. The van der Waals surface area contributed by atoms with Crippen LogP contribution in [0.3, 0.4) is 0 Å². The van der Waals surface area contributed by atoms with E-state index in [-0.39, 0.29) is 10.6 Å². The number of aliphatic hydroxyl groups is 2. The van der Waals surface area contributed by atoms with Gasteiger partial charge >= 0.3 is 0 Å². The van der Waals surface area contributed by atoms with Crippen molar-refractivity contribution < 1.29 is 14.6 Å². The van der Waals surface area contributed by atoms with Crippen LogP contribution in [0.25, 0.3) is 0 Å². The summed E-state index contributed by atoms with van der Waals surface area (Å²) in [6.07, 6.45) is -1.66. The smallest absolute Gasteiger partial charge is 0.125 e. The molecule has 2 nitrogen and oxygen atoms in total. The minimum atomic E-state index is -1.12. The summed E-state index contributed by atoms with van der Waals surface area (Å²) in [6.45, 7) is 0. The molecule has 0 bridgehead atoms. The van der Waals surface area contributed by atoms with E-state index < -0.39 is 18.0 Å². The van der Waals surface area contributed by atoms with Crippen LogP contribution in [0.2, 0.25) is 5.02 Å². The van der Waals surface area contributed by atoms with Gasteiger partial charge in [0.05, 0.1) is 6.10 Å². The lowest BCUT2D eigenvalue weighted by Crippen LogP contribution is -2.18. The predicted molar refractivity (Wildman–Crippen MR) is 60.8 cm³/mol. The molecule has 0 fully saturated rings. The summed E-state index contributed by atoms with van der Waals surface area (Å²) in [4.78, 5) is 0. The van der Waals surface area contributed by atoms with Gasteiger partial charge in [0.1, 0.15) is 11.9 Å². The maximum absolute atomic E-state index is 13.0. The van der Waals surface area contributed by atoms with Crippen molar-refractivity contribution in [3.63, 3.8) is 0 Å². The second kappa shape index (κ2) is 5.80. The molecule has 0 aliphatic rings. The van der Waals surface area contributed by atoms with Crippen molar-refractivity contribution in [2.45, 2.75) is 18.6 Å². The van der Waals surface area contributed by atoms with Crippen LogP contribution < -0.4 is 0 Å². The van der Waals surface area contributed by atoms with Crippen molar-refractivity contribution in [2.24, 2.45) is 0 Å². The molecule has 5 heteroatoms. The molecule has 0 aliphatic heterocycles. The lowest BCUT2D eigenvalue weighted by atomic mass is 10.0. The third-order valence-corrected chi connectivity index (χ3v) is 2.67. The highest BCUT2D eigenvalue weighted by Gasteiger charge is 2.18. The summed E-state index contributed by atoms with van der Waals surface area (Å²) < 4.78 is 13.0. The predicted octanol–water partition coefficient (Wildman–Crippen LogP) is 2.66. The molecule has 15 heavy (non-hydrogen) atoms. The van der Waals surface area contributed by atoms with Crippen molar-refractivity contribution in [2.75, 3.05) is 5.33 Å². The fraction of sp³-hybridized carbons (Fsp3) is 0.400. The van der Waals surface area contributed by atoms with Gasteiger partial charge in [-0.25, -0.2) is 4.39 Å². The van der Waals surface area contributed by atoms with E-state index in [9.17, 15) is 14.6 Å². The van der Waals surface area contributed by atoms with Crippen molar-refractivity contribution in [1.29, 1.82) is 0 Å². The third-order valence-electron chi connectivity index (χ3n) is 2.00. The number of benzene rings is 1. The maximum atomic E-state index is 13.0. The summed E-state index contributed by atoms with van der Waals surface area (Å²) in [5.41, 5.74) is 0.286. The fourth-order valence-electron chi connectivity index (χ4n) is 1.24. The van der Waals surface area contributed by atoms with Crippen LogP contribution in [-0.2, 0) is 0 Å². The van der Waals surface area contributed by atoms with Gasteiger partial charge in [0.25, 0.3) is 0 Å². The topological polar surface area (TPSA) is 40.5 Å². The maximum Gasteiger partial charge on any atom is 0.125 e. The number of aliphatic hydroxyl groups excluding tert-OH is 2. The van der Waals surface area contributed by atoms with Crippen LogP contribution in [0.1, 0.15) is 18.1 Å². The standard InChI is InChI=1S/C10H11BrClFO2/c11-2-1-9(14)10(15)6-3-7(12)5-8(13)4-6/h3-5,9-10,14-15H,1-2H2. The molecular formula is C10H11BrClFO2. The SMILES string of the molecule is OC(CCBr)C(O)c1cc(F)cc(Cl)c1. The molecule has 0 spiro atoms. The second-order valence-electron chi connectivity index (χ2n) is 3.19. The van der Waals surface area contributed by atoms with Gasteiger partial charge in [0.15, 0.2) is 0 Å². The van der Waals surface area contributed by atoms with Crippen molar-refractivity contribution in [3.05, 3.63) is 34.6 Å². The first-order chi connectivity index (χ1) is 7.04. The zero-order valence-corrected chi connectivity index (χ0v) is 10.2. The first-order valence-electron chi connectivity index (χ1n) is 4.42. The number of alkyl halides is 1. The first-order valence-corrected chi connectivity index (χ1v) is 5.92. The number of rotatable bonds is 4. The van der Waals surface area contributed by atoms with E-state index in [1.165, 1.54) is 6.07 Å². The summed E-state index contributed by atoms with van der Waals surface area (Å²) in [6, 6.07) is 3.75. The monoisotopic (exact) mass is 296 g/mol. The molecule has 1 aromatic carbocycles. The third kappa shape index (κ3) is 3.72. The first kappa shape index (κ1) is 12.9. The molecule has 0 saturated carbocycles. The van der Waals surface area contributed by atoms with Crippen LogP contribution in [0.15, 0.2) is 18.2 Å². The molecule has 2 atom stereocenters. The Morgan fingerprint density at radius 1 is 1.33 bits per heavy atom. The van der Waals surface area contributed by atoms with Gasteiger partial charge in [-0.15, -0.1) is 0 Å². The largest absolute Gasteiger partial charge is 0.390 e. The highest BCUT2D eigenvalue weighted by molar-refractivity contribution is 9.09. The summed E-state index contributed by atoms with van der Waals surface area (Å²) >= 11 is 8.78. The van der Waals surface area contributed by atoms with Gasteiger partial charge in [-0.05, 0) is 30.2 Å². The van der Waals surface area contributed by atoms with E-state index in [0.717, 1.165) is 12.1 Å². The molecular weight excluding hydrogens is 286 g/mol. The van der Waals surface area contributed by atoms with Gasteiger partial charge < -0.3 is 10.2 Å². The summed E-state index contributed by atoms with van der Waals surface area (Å²) in [5, 5.41) is 19.9. The van der Waals surface area contributed by atoms with Crippen molar-refractivity contribution >= 4 is 27.5 Å². The van der Waals surface area contributed by atoms with Gasteiger partial charge in [0.2, 0.25) is 0 Å². The Bertz CT molecular complexity index is 315. The summed E-state index contributed by atoms with van der Waals surface area (Å²) in [7, 11) is 0. The van der Waals surface area contributed by atoms with Gasteiger partial charge in [-0.2, -0.15) is 0 Å². The minimum Gasteiger partial charge on any atom is -0.390 e. The molecule has 84 valence electrons. The molecule has 1 aromatic rings. The highest BCUT2D eigenvalue weighted by atomic mass is 79.9. The number of hydrogen-bond acceptors (Lipinski definition) is 2. The van der Waals surface area contributed by atoms with E-state index >= 15 is 0 Å². The zero-order chi connectivity index (χ0) is 11.4. The van der Waals surface area contributed by atoms with E-state index in [0.29, 0.717) is 11.8 Å². The Morgan fingerprint density at radius 2 is 2.00 bits per heavy atom. The van der Waals surface area contributed by atoms with Crippen LogP contribution in [0.4, 0.5) is 4.39 Å². The van der Waals surface area contributed by atoms with E-state index in [1.807, 2.05) is 0 Å². The normalized spacial score (nSPS) is 15.0. The van der Waals surface area contributed by atoms with Crippen LogP contribution in [0, 0.1) is 5.82 Å². The Balaban J connectivity index is 2.85. The zero-order valence-electron chi connectivity index (χ0n) is 7.83. The fourth-order valence-corrected chi connectivity index (χ4v) is 1.94. The summed E-state index contributed by atoms with van der Waals surface area (Å²) in [5.74, 6) is -0.525. The average molecular weight is 298 g/mol. The van der Waals surface area contributed by atoms with Crippen LogP contribution in [0.5, 0.6) is 0 Å². The van der Waals surface area contributed by atoms with Gasteiger partial charge in [0, 0.05) is 10.4 Å².